The zero-order chi connectivity index (χ0) is 14.3. The van der Waals surface area contributed by atoms with Crippen molar-refractivity contribution in [1.29, 1.82) is 0 Å². The molecule has 0 unspecified atom stereocenters. The standard InChI is InChI=1S/C15H16N4O/c1-10-8-12-13(14(16)17-18(12)2)15(20)19(10)9-11-6-4-3-5-7-11/h3-8H,9H2,1-2H3,(H2,16,17). The minimum atomic E-state index is -0.0885. The molecule has 0 aliphatic carbocycles. The summed E-state index contributed by atoms with van der Waals surface area (Å²) in [5.41, 5.74) is 8.51. The summed E-state index contributed by atoms with van der Waals surface area (Å²) in [6, 6.07) is 11.8. The largest absolute Gasteiger partial charge is 0.382 e. The summed E-state index contributed by atoms with van der Waals surface area (Å²) in [5.74, 6) is 0.286. The number of pyridine rings is 1. The van der Waals surface area contributed by atoms with Crippen molar-refractivity contribution in [3.63, 3.8) is 0 Å². The van der Waals surface area contributed by atoms with Crippen LogP contribution in [0.5, 0.6) is 0 Å². The van der Waals surface area contributed by atoms with Gasteiger partial charge < -0.3 is 10.3 Å². The second-order valence-electron chi connectivity index (χ2n) is 4.93. The van der Waals surface area contributed by atoms with Crippen molar-refractivity contribution in [1.82, 2.24) is 14.3 Å². The number of nitrogen functional groups attached to an aromatic ring is 1. The fourth-order valence-electron chi connectivity index (χ4n) is 2.48. The van der Waals surface area contributed by atoms with Gasteiger partial charge in [-0.05, 0) is 18.6 Å². The topological polar surface area (TPSA) is 65.8 Å². The van der Waals surface area contributed by atoms with E-state index in [-0.39, 0.29) is 11.4 Å². The molecule has 5 nitrogen and oxygen atoms in total. The van der Waals surface area contributed by atoms with Gasteiger partial charge in [0.25, 0.3) is 5.56 Å². The maximum Gasteiger partial charge on any atom is 0.264 e. The van der Waals surface area contributed by atoms with Crippen LogP contribution < -0.4 is 11.3 Å². The highest BCUT2D eigenvalue weighted by Crippen LogP contribution is 2.17. The van der Waals surface area contributed by atoms with E-state index in [1.807, 2.05) is 43.3 Å². The monoisotopic (exact) mass is 268 g/mol. The number of aromatic nitrogens is 3. The molecule has 20 heavy (non-hydrogen) atoms. The Labute approximate surface area is 116 Å². The van der Waals surface area contributed by atoms with E-state index >= 15 is 0 Å². The van der Waals surface area contributed by atoms with Crippen LogP contribution in [0.1, 0.15) is 11.3 Å². The van der Waals surface area contributed by atoms with Crippen molar-refractivity contribution in [2.45, 2.75) is 13.5 Å². The van der Waals surface area contributed by atoms with E-state index in [4.69, 9.17) is 5.73 Å². The summed E-state index contributed by atoms with van der Waals surface area (Å²) in [5, 5.41) is 4.62. The predicted molar refractivity (Wildman–Crippen MR) is 79.7 cm³/mol. The summed E-state index contributed by atoms with van der Waals surface area (Å²) in [4.78, 5) is 12.6. The van der Waals surface area contributed by atoms with E-state index in [2.05, 4.69) is 5.10 Å². The number of benzene rings is 1. The van der Waals surface area contributed by atoms with Gasteiger partial charge in [0.2, 0.25) is 0 Å². The molecule has 3 rings (SSSR count). The van der Waals surface area contributed by atoms with Crippen molar-refractivity contribution in [3.8, 4) is 0 Å². The molecule has 102 valence electrons. The minimum Gasteiger partial charge on any atom is -0.382 e. The molecule has 0 amide bonds. The Hall–Kier alpha value is -2.56. The van der Waals surface area contributed by atoms with Gasteiger partial charge in [0.1, 0.15) is 5.39 Å². The van der Waals surface area contributed by atoms with Crippen LogP contribution in [0.15, 0.2) is 41.2 Å². The lowest BCUT2D eigenvalue weighted by molar-refractivity contribution is 0.735. The van der Waals surface area contributed by atoms with E-state index in [1.54, 1.807) is 16.3 Å². The lowest BCUT2D eigenvalue weighted by atomic mass is 10.2. The number of anilines is 1. The Kier molecular flexibility index (Phi) is 2.82. The average Bonchev–Trinajstić information content (AvgIpc) is 2.70. The molecule has 0 fully saturated rings. The molecule has 0 aliphatic heterocycles. The number of aryl methyl sites for hydroxylation is 2. The summed E-state index contributed by atoms with van der Waals surface area (Å²) < 4.78 is 3.38. The molecule has 2 aromatic heterocycles. The third-order valence-electron chi connectivity index (χ3n) is 3.53. The number of nitrogens with zero attached hydrogens (tertiary/aromatic N) is 3. The third kappa shape index (κ3) is 1.87. The normalized spacial score (nSPS) is 11.1. The molecule has 5 heteroatoms. The van der Waals surface area contributed by atoms with Gasteiger partial charge in [-0.2, -0.15) is 5.10 Å². The van der Waals surface area contributed by atoms with Crippen LogP contribution in [-0.2, 0) is 13.6 Å². The second kappa shape index (κ2) is 4.52. The van der Waals surface area contributed by atoms with Crippen LogP contribution in [0, 0.1) is 6.92 Å². The fraction of sp³-hybridized carbons (Fsp3) is 0.200. The minimum absolute atomic E-state index is 0.0885. The lowest BCUT2D eigenvalue weighted by Crippen LogP contribution is -2.23. The first-order valence-corrected chi connectivity index (χ1v) is 6.44. The Balaban J connectivity index is 2.21. The highest BCUT2D eigenvalue weighted by Gasteiger charge is 2.14. The van der Waals surface area contributed by atoms with Gasteiger partial charge in [0.05, 0.1) is 12.1 Å². The van der Waals surface area contributed by atoms with Gasteiger partial charge in [-0.15, -0.1) is 0 Å². The van der Waals surface area contributed by atoms with Gasteiger partial charge in [-0.25, -0.2) is 0 Å². The third-order valence-corrected chi connectivity index (χ3v) is 3.53. The van der Waals surface area contributed by atoms with Gasteiger partial charge in [0.15, 0.2) is 5.82 Å². The number of nitrogens with two attached hydrogens (primary N) is 1. The van der Waals surface area contributed by atoms with Crippen LogP contribution in [0.4, 0.5) is 5.82 Å². The van der Waals surface area contributed by atoms with Gasteiger partial charge >= 0.3 is 0 Å². The summed E-state index contributed by atoms with van der Waals surface area (Å²) >= 11 is 0. The van der Waals surface area contributed by atoms with Gasteiger partial charge in [0, 0.05) is 12.7 Å². The van der Waals surface area contributed by atoms with Crippen molar-refractivity contribution in [2.24, 2.45) is 7.05 Å². The van der Waals surface area contributed by atoms with Crippen LogP contribution in [0.25, 0.3) is 10.9 Å². The van der Waals surface area contributed by atoms with Crippen molar-refractivity contribution in [3.05, 3.63) is 58.0 Å². The summed E-state index contributed by atoms with van der Waals surface area (Å²) in [6.45, 7) is 2.46. The first kappa shape index (κ1) is 12.5. The highest BCUT2D eigenvalue weighted by molar-refractivity contribution is 5.88. The Morgan fingerprint density at radius 1 is 1.25 bits per heavy atom. The SMILES string of the molecule is Cc1cc2c(c(N)nn2C)c(=O)n1Cc1ccccc1. The molecule has 0 saturated carbocycles. The van der Waals surface area contributed by atoms with E-state index < -0.39 is 0 Å². The zero-order valence-electron chi connectivity index (χ0n) is 11.5. The number of fused-ring (bicyclic) bond motifs is 1. The van der Waals surface area contributed by atoms with Crippen LogP contribution in [-0.4, -0.2) is 14.3 Å². The first-order chi connectivity index (χ1) is 9.58. The molecule has 2 N–H and O–H groups in total. The quantitative estimate of drug-likeness (QED) is 0.769. The van der Waals surface area contributed by atoms with Crippen molar-refractivity contribution >= 4 is 16.7 Å². The van der Waals surface area contributed by atoms with Crippen molar-refractivity contribution in [2.75, 3.05) is 5.73 Å². The van der Waals surface area contributed by atoms with Crippen molar-refractivity contribution < 1.29 is 0 Å². The Bertz CT molecular complexity index is 830. The van der Waals surface area contributed by atoms with E-state index in [9.17, 15) is 4.79 Å². The zero-order valence-corrected chi connectivity index (χ0v) is 11.5. The van der Waals surface area contributed by atoms with E-state index in [0.29, 0.717) is 11.9 Å². The molecule has 1 aromatic carbocycles. The number of hydrogen-bond acceptors (Lipinski definition) is 3. The van der Waals surface area contributed by atoms with Crippen LogP contribution >= 0.6 is 0 Å². The molecule has 0 aliphatic rings. The lowest BCUT2D eigenvalue weighted by Gasteiger charge is -2.10. The smallest absolute Gasteiger partial charge is 0.264 e. The van der Waals surface area contributed by atoms with Crippen LogP contribution in [0.3, 0.4) is 0 Å². The fourth-order valence-corrected chi connectivity index (χ4v) is 2.48. The summed E-state index contributed by atoms with van der Waals surface area (Å²) in [6.07, 6.45) is 0. The number of rotatable bonds is 2. The van der Waals surface area contributed by atoms with Gasteiger partial charge in [-0.3, -0.25) is 9.48 Å². The predicted octanol–water partition coefficient (Wildman–Crippen LogP) is 1.67. The highest BCUT2D eigenvalue weighted by atomic mass is 16.1. The molecular weight excluding hydrogens is 252 g/mol. The first-order valence-electron chi connectivity index (χ1n) is 6.44. The molecule has 2 heterocycles. The van der Waals surface area contributed by atoms with E-state index in [0.717, 1.165) is 16.8 Å². The van der Waals surface area contributed by atoms with Crippen LogP contribution in [0.2, 0.25) is 0 Å². The van der Waals surface area contributed by atoms with Gasteiger partial charge in [-0.1, -0.05) is 30.3 Å². The average molecular weight is 268 g/mol. The molecule has 0 spiro atoms. The molecule has 0 atom stereocenters. The maximum absolute atomic E-state index is 12.6. The summed E-state index contributed by atoms with van der Waals surface area (Å²) in [7, 11) is 1.79. The maximum atomic E-state index is 12.6. The Morgan fingerprint density at radius 3 is 2.65 bits per heavy atom. The molecule has 0 bridgehead atoms. The van der Waals surface area contributed by atoms with E-state index in [1.165, 1.54) is 0 Å². The molecule has 0 saturated heterocycles. The number of hydrogen-bond donors (Lipinski definition) is 1. The molecule has 3 aromatic rings. The molecule has 0 radical (unpaired) electrons. The Morgan fingerprint density at radius 2 is 1.95 bits per heavy atom. The molecular formula is C15H16N4O. The second-order valence-corrected chi connectivity index (χ2v) is 4.93.